The van der Waals surface area contributed by atoms with Gasteiger partial charge in [-0.05, 0) is 192 Å². The first kappa shape index (κ1) is 103. The average Bonchev–Trinajstić information content (AvgIpc) is 0.784. The highest BCUT2D eigenvalue weighted by atomic mass is 32.2. The van der Waals surface area contributed by atoms with Crippen LogP contribution < -0.4 is 37.9 Å². The molecule has 704 valence electrons. The highest BCUT2D eigenvalue weighted by molar-refractivity contribution is 7.87. The summed E-state index contributed by atoms with van der Waals surface area (Å²) in [7, 11) is -35.1. The lowest BCUT2D eigenvalue weighted by molar-refractivity contribution is 0.298. The highest BCUT2D eigenvalue weighted by Crippen LogP contribution is 2.43. The number of rotatable bonds is 48. The summed E-state index contributed by atoms with van der Waals surface area (Å²) in [6, 6.07) is 43.8. The van der Waals surface area contributed by atoms with Crippen LogP contribution in [0.5, 0.6) is 46.0 Å². The van der Waals surface area contributed by atoms with Crippen molar-refractivity contribution in [1.82, 2.24) is 0 Å². The van der Waals surface area contributed by atoms with Crippen LogP contribution in [0.1, 0.15) is 192 Å². The molecule has 9 rings (SSSR count). The van der Waals surface area contributed by atoms with Crippen LogP contribution in [0, 0.1) is 0 Å². The lowest BCUT2D eigenvalue weighted by Gasteiger charge is -2.23. The van der Waals surface area contributed by atoms with Crippen LogP contribution in [-0.4, -0.2) is 203 Å². The maximum Gasteiger partial charge on any atom is 0.264 e. The molecule has 8 N–H and O–H groups in total. The molecular weight excluding hydrogens is 1830 g/mol. The largest absolute Gasteiger partial charge is 0.493 e. The third kappa shape index (κ3) is 37.0. The van der Waals surface area contributed by atoms with Crippen molar-refractivity contribution < 1.29 is 142 Å². The third-order valence-corrected chi connectivity index (χ3v) is 27.3. The van der Waals surface area contributed by atoms with E-state index < -0.39 is 127 Å². The van der Waals surface area contributed by atoms with Crippen molar-refractivity contribution in [3.8, 4) is 46.0 Å². The van der Waals surface area contributed by atoms with Gasteiger partial charge in [0.25, 0.3) is 80.9 Å². The third-order valence-electron chi connectivity index (χ3n) is 20.8. The Morgan fingerprint density at radius 3 is 0.320 bits per heavy atom. The van der Waals surface area contributed by atoms with Crippen LogP contribution in [-0.2, 0) is 132 Å². The molecule has 0 unspecified atom stereocenters. The van der Waals surface area contributed by atoms with Gasteiger partial charge in [0.15, 0.2) is 0 Å². The van der Waals surface area contributed by atoms with E-state index in [0.717, 1.165) is 0 Å². The molecule has 40 heteroatoms. The van der Waals surface area contributed by atoms with E-state index in [1.165, 1.54) is 0 Å². The van der Waals surface area contributed by atoms with Crippen molar-refractivity contribution in [2.45, 2.75) is 154 Å². The monoisotopic (exact) mass is 1940 g/mol. The van der Waals surface area contributed by atoms with Crippen LogP contribution in [0.2, 0.25) is 0 Å². The van der Waals surface area contributed by atoms with Gasteiger partial charge in [-0.2, -0.15) is 67.3 Å². The molecule has 32 nitrogen and oxygen atoms in total. The topological polar surface area (TPSA) is 509 Å². The molecule has 0 heterocycles. The minimum absolute atomic E-state index is 0.00724. The molecule has 0 spiro atoms. The van der Waals surface area contributed by atoms with E-state index in [0.29, 0.717) is 135 Å². The predicted molar refractivity (Wildman–Crippen MR) is 483 cm³/mol. The number of hydrogen-bond donors (Lipinski definition) is 8. The molecule has 0 fully saturated rings. The lowest BCUT2D eigenvalue weighted by atomic mass is 9.91. The van der Waals surface area contributed by atoms with Crippen LogP contribution in [0.15, 0.2) is 146 Å². The Bertz CT molecular complexity index is 4770. The molecule has 16 bridgehead atoms. The Kier molecular flexibility index (Phi) is 39.1. The van der Waals surface area contributed by atoms with Crippen LogP contribution in [0.4, 0.5) is 0 Å². The summed E-state index contributed by atoms with van der Waals surface area (Å²) in [5.41, 5.74) is 9.43. The zero-order valence-corrected chi connectivity index (χ0v) is 77.3. The van der Waals surface area contributed by atoms with E-state index in [9.17, 15) is 104 Å². The van der Waals surface area contributed by atoms with Gasteiger partial charge in [0.05, 0.1) is 98.9 Å². The summed E-state index contributed by atoms with van der Waals surface area (Å²) in [5.74, 6) is -1.60. The molecule has 0 aliphatic heterocycles. The van der Waals surface area contributed by atoms with Gasteiger partial charge in [-0.1, -0.05) is 146 Å². The fourth-order valence-electron chi connectivity index (χ4n) is 14.9. The van der Waals surface area contributed by atoms with Crippen LogP contribution in [0.25, 0.3) is 0 Å². The maximum absolute atomic E-state index is 12.0. The standard InChI is InChI=1S/C88H112O32S8/c89-121(90,91)49-9-1-41-113-81-65-25-17-26-66(81)58-68-28-19-30-70(83(68)115-43-3-11-51-123(95,96)97)60-72-32-21-34-74(85(72)117-45-5-13-53-125(101,102)103)62-76-36-23-38-78(87(76)119-47-7-15-55-127(107,108)109)64-80-40-24-39-79(88(80)120-48-8-16-56-128(110,111)112)63-77-37-22-35-75(86(77)118-46-6-14-54-126(104,105)106)61-73-33-20-31-71(84(73)116-44-4-12-52-124(98,99)100)59-69-29-18-27-67(57-65)82(69)114-42-2-10-50-122(92,93)94/h17-40H,1-16,41-64H2,(H,89,90,91)(H,92,93,94)(H,95,96,97)(H,98,99,100)(H,101,102,103)(H,104,105,106)(H,107,108,109)(H,110,111,112). The number of benzene rings is 8. The smallest absolute Gasteiger partial charge is 0.264 e. The molecule has 0 atom stereocenters. The molecule has 0 saturated heterocycles. The summed E-state index contributed by atoms with van der Waals surface area (Å²) in [6.45, 7) is -0.469. The second-order valence-corrected chi connectivity index (χ2v) is 44.0. The van der Waals surface area contributed by atoms with Crippen molar-refractivity contribution >= 4 is 80.9 Å². The van der Waals surface area contributed by atoms with Crippen molar-refractivity contribution in [3.63, 3.8) is 0 Å². The SMILES string of the molecule is O=S(=O)(O)CCCCOc1c2cccc1Cc1cccc(c1OCCCCS(=O)(=O)O)Cc1cccc(c1OCCCCS(=O)(=O)O)Cc1cccc(c1OCCCCS(=O)(=O)O)Cc1cccc(c1OCCCCS(=O)(=O)O)Cc1cccc(c1OCCCCS(=O)(=O)O)Cc1cccc(c1OCCCCS(=O)(=O)O)Cc1cccc(c1OCCCCS(=O)(=O)O)C2. The molecule has 8 aromatic carbocycles. The molecule has 0 aromatic heterocycles. The number of unbranched alkanes of at least 4 members (excludes halogenated alkanes) is 8. The number of fused-ring (bicyclic) bond motifs is 16. The molecular formula is C88H112O32S8. The molecule has 8 aromatic rings. The Labute approximate surface area is 750 Å². The summed E-state index contributed by atoms with van der Waals surface area (Å²) < 4.78 is 325. The van der Waals surface area contributed by atoms with E-state index in [1.807, 2.05) is 146 Å². The van der Waals surface area contributed by atoms with Crippen LogP contribution >= 0.6 is 0 Å². The van der Waals surface area contributed by atoms with Gasteiger partial charge in [0.1, 0.15) is 46.0 Å². The fourth-order valence-corrected chi connectivity index (χ4v) is 19.5. The molecule has 0 saturated carbocycles. The van der Waals surface area contributed by atoms with E-state index in [4.69, 9.17) is 37.9 Å². The first-order chi connectivity index (χ1) is 60.5. The van der Waals surface area contributed by atoms with E-state index in [-0.39, 0.29) is 207 Å². The molecule has 128 heavy (non-hydrogen) atoms. The summed E-state index contributed by atoms with van der Waals surface area (Å²) in [5, 5.41) is 0. The second kappa shape index (κ2) is 48.5. The van der Waals surface area contributed by atoms with E-state index >= 15 is 0 Å². The predicted octanol–water partition coefficient (Wildman–Crippen LogP) is 13.1. The van der Waals surface area contributed by atoms with Gasteiger partial charge < -0.3 is 37.9 Å². The Balaban J connectivity index is 1.31. The van der Waals surface area contributed by atoms with Crippen LogP contribution in [0.3, 0.4) is 0 Å². The van der Waals surface area contributed by atoms with Gasteiger partial charge in [0, 0.05) is 51.4 Å². The van der Waals surface area contributed by atoms with Gasteiger partial charge in [-0.15, -0.1) is 0 Å². The quantitative estimate of drug-likeness (QED) is 0.0130. The zero-order valence-electron chi connectivity index (χ0n) is 70.8. The fraction of sp³-hybridized carbons (Fsp3) is 0.455. The minimum atomic E-state index is -4.38. The Morgan fingerprint density at radius 2 is 0.242 bits per heavy atom. The zero-order chi connectivity index (χ0) is 92.8. The summed E-state index contributed by atoms with van der Waals surface area (Å²) >= 11 is 0. The van der Waals surface area contributed by atoms with Gasteiger partial charge in [0.2, 0.25) is 0 Å². The average molecular weight is 1940 g/mol. The lowest BCUT2D eigenvalue weighted by Crippen LogP contribution is -2.11. The van der Waals surface area contributed by atoms with Gasteiger partial charge in [-0.25, -0.2) is 0 Å². The summed E-state index contributed by atoms with van der Waals surface area (Å²) in [6.07, 6.45) is 1.86. The molecule has 1 aliphatic carbocycles. The van der Waals surface area contributed by atoms with E-state index in [1.54, 1.807) is 0 Å². The number of para-hydroxylation sites is 8. The van der Waals surface area contributed by atoms with Gasteiger partial charge in [-0.3, -0.25) is 36.4 Å². The normalized spacial score (nSPS) is 13.3. The second-order valence-electron chi connectivity index (χ2n) is 31.4. The maximum atomic E-state index is 12.0. The van der Waals surface area contributed by atoms with E-state index in [2.05, 4.69) is 0 Å². The minimum Gasteiger partial charge on any atom is -0.493 e. The molecule has 0 radical (unpaired) electrons. The van der Waals surface area contributed by atoms with Crippen molar-refractivity contribution in [3.05, 3.63) is 235 Å². The number of ether oxygens (including phenoxy) is 8. The Hall–Kier alpha value is -8.56. The van der Waals surface area contributed by atoms with Gasteiger partial charge >= 0.3 is 0 Å². The van der Waals surface area contributed by atoms with Crippen molar-refractivity contribution in [2.24, 2.45) is 0 Å². The Morgan fingerprint density at radius 1 is 0.156 bits per heavy atom. The first-order valence-corrected chi connectivity index (χ1v) is 54.9. The van der Waals surface area contributed by atoms with Crippen molar-refractivity contribution in [2.75, 3.05) is 98.9 Å². The molecule has 1 aliphatic rings. The summed E-state index contributed by atoms with van der Waals surface area (Å²) in [4.78, 5) is 0. The first-order valence-electron chi connectivity index (χ1n) is 42.0. The highest BCUT2D eigenvalue weighted by Gasteiger charge is 2.27. The molecule has 0 amide bonds. The van der Waals surface area contributed by atoms with Crippen molar-refractivity contribution in [1.29, 1.82) is 0 Å². The number of hydrogen-bond acceptors (Lipinski definition) is 24.